The third-order valence-electron chi connectivity index (χ3n) is 5.11. The molecule has 5 heteroatoms. The maximum atomic E-state index is 12.6. The first-order chi connectivity index (χ1) is 13.6. The van der Waals surface area contributed by atoms with Crippen molar-refractivity contribution in [1.82, 2.24) is 10.2 Å². The van der Waals surface area contributed by atoms with Crippen molar-refractivity contribution in [2.24, 2.45) is 5.92 Å². The number of carbonyl (C=O) groups excluding carboxylic acids is 2. The van der Waals surface area contributed by atoms with Gasteiger partial charge in [-0.05, 0) is 30.5 Å². The molecule has 1 unspecified atom stereocenters. The standard InChI is InChI=1S/C23H28N2O3/c1-3-28-16-20-7-5-4-6-19(20)13-24-23(27)21-12-22(26)25(15-21)14-18-10-8-17(2)9-11-18/h4-11,21H,3,12-16H2,1-2H3,(H,24,27). The number of hydrogen-bond donors (Lipinski definition) is 1. The van der Waals surface area contributed by atoms with Gasteiger partial charge in [0.1, 0.15) is 0 Å². The predicted octanol–water partition coefficient (Wildman–Crippen LogP) is 3.20. The summed E-state index contributed by atoms with van der Waals surface area (Å²) < 4.78 is 5.49. The van der Waals surface area contributed by atoms with Crippen LogP contribution in [-0.4, -0.2) is 29.9 Å². The van der Waals surface area contributed by atoms with Crippen molar-refractivity contribution in [3.8, 4) is 0 Å². The summed E-state index contributed by atoms with van der Waals surface area (Å²) >= 11 is 0. The van der Waals surface area contributed by atoms with Crippen LogP contribution in [0.1, 0.15) is 35.6 Å². The van der Waals surface area contributed by atoms with E-state index in [1.165, 1.54) is 5.56 Å². The van der Waals surface area contributed by atoms with E-state index in [-0.39, 0.29) is 24.2 Å². The Labute approximate surface area is 166 Å². The number of benzene rings is 2. The van der Waals surface area contributed by atoms with Gasteiger partial charge < -0.3 is 15.0 Å². The number of carbonyl (C=O) groups is 2. The fraction of sp³-hybridized carbons (Fsp3) is 0.391. The molecule has 28 heavy (non-hydrogen) atoms. The van der Waals surface area contributed by atoms with E-state index in [1.54, 1.807) is 4.90 Å². The maximum absolute atomic E-state index is 12.6. The number of amides is 2. The van der Waals surface area contributed by atoms with Gasteiger partial charge in [-0.1, -0.05) is 54.1 Å². The van der Waals surface area contributed by atoms with Crippen LogP contribution in [0.15, 0.2) is 48.5 Å². The molecule has 148 valence electrons. The van der Waals surface area contributed by atoms with Gasteiger partial charge in [0, 0.05) is 32.7 Å². The van der Waals surface area contributed by atoms with E-state index in [2.05, 4.69) is 5.32 Å². The van der Waals surface area contributed by atoms with E-state index < -0.39 is 0 Å². The second-order valence-corrected chi connectivity index (χ2v) is 7.28. The Morgan fingerprint density at radius 1 is 1.14 bits per heavy atom. The average molecular weight is 380 g/mol. The lowest BCUT2D eigenvalue weighted by Gasteiger charge is -2.17. The lowest BCUT2D eigenvalue weighted by molar-refractivity contribution is -0.129. The van der Waals surface area contributed by atoms with Gasteiger partial charge in [-0.15, -0.1) is 0 Å². The highest BCUT2D eigenvalue weighted by Crippen LogP contribution is 2.21. The number of ether oxygens (including phenoxy) is 1. The normalized spacial score (nSPS) is 16.4. The molecule has 0 radical (unpaired) electrons. The predicted molar refractivity (Wildman–Crippen MR) is 108 cm³/mol. The summed E-state index contributed by atoms with van der Waals surface area (Å²) in [5.41, 5.74) is 4.40. The lowest BCUT2D eigenvalue weighted by atomic mass is 10.1. The van der Waals surface area contributed by atoms with Crippen molar-refractivity contribution >= 4 is 11.8 Å². The molecule has 2 amide bonds. The van der Waals surface area contributed by atoms with Gasteiger partial charge >= 0.3 is 0 Å². The molecule has 1 fully saturated rings. The smallest absolute Gasteiger partial charge is 0.225 e. The Bertz CT molecular complexity index is 817. The molecule has 1 N–H and O–H groups in total. The molecular formula is C23H28N2O3. The molecule has 1 aliphatic heterocycles. The molecule has 2 aromatic rings. The van der Waals surface area contributed by atoms with Crippen molar-refractivity contribution in [1.29, 1.82) is 0 Å². The van der Waals surface area contributed by atoms with Crippen molar-refractivity contribution in [2.75, 3.05) is 13.2 Å². The Balaban J connectivity index is 1.54. The van der Waals surface area contributed by atoms with Crippen LogP contribution < -0.4 is 5.32 Å². The van der Waals surface area contributed by atoms with Crippen LogP contribution in [0.4, 0.5) is 0 Å². The molecule has 0 saturated carbocycles. The lowest BCUT2D eigenvalue weighted by Crippen LogP contribution is -2.32. The summed E-state index contributed by atoms with van der Waals surface area (Å²) in [4.78, 5) is 26.7. The van der Waals surface area contributed by atoms with Gasteiger partial charge in [-0.25, -0.2) is 0 Å². The number of hydrogen-bond acceptors (Lipinski definition) is 3. The van der Waals surface area contributed by atoms with Crippen LogP contribution in [0.3, 0.4) is 0 Å². The first-order valence-corrected chi connectivity index (χ1v) is 9.82. The molecule has 0 aliphatic carbocycles. The van der Waals surface area contributed by atoms with Crippen LogP contribution in [0, 0.1) is 12.8 Å². The van der Waals surface area contributed by atoms with Crippen molar-refractivity contribution < 1.29 is 14.3 Å². The van der Waals surface area contributed by atoms with Gasteiger partial charge in [0.05, 0.1) is 12.5 Å². The zero-order valence-corrected chi connectivity index (χ0v) is 16.6. The Morgan fingerprint density at radius 2 is 1.86 bits per heavy atom. The molecule has 3 rings (SSSR count). The quantitative estimate of drug-likeness (QED) is 0.765. The van der Waals surface area contributed by atoms with Crippen molar-refractivity contribution in [3.05, 3.63) is 70.8 Å². The molecule has 2 aromatic carbocycles. The summed E-state index contributed by atoms with van der Waals surface area (Å²) in [6.45, 7) is 6.67. The molecule has 0 aromatic heterocycles. The number of aryl methyl sites for hydroxylation is 1. The van der Waals surface area contributed by atoms with E-state index in [0.717, 1.165) is 16.7 Å². The number of rotatable bonds is 8. The molecule has 1 heterocycles. The molecular weight excluding hydrogens is 352 g/mol. The zero-order valence-electron chi connectivity index (χ0n) is 16.6. The average Bonchev–Trinajstić information content (AvgIpc) is 3.07. The second kappa shape index (κ2) is 9.51. The monoisotopic (exact) mass is 380 g/mol. The Hall–Kier alpha value is -2.66. The molecule has 0 spiro atoms. The van der Waals surface area contributed by atoms with E-state index >= 15 is 0 Å². The van der Waals surface area contributed by atoms with Gasteiger partial charge in [-0.2, -0.15) is 0 Å². The summed E-state index contributed by atoms with van der Waals surface area (Å²) in [7, 11) is 0. The minimum Gasteiger partial charge on any atom is -0.377 e. The van der Waals surface area contributed by atoms with Gasteiger partial charge in [0.2, 0.25) is 11.8 Å². The third kappa shape index (κ3) is 5.20. The number of nitrogens with zero attached hydrogens (tertiary/aromatic N) is 1. The van der Waals surface area contributed by atoms with Crippen LogP contribution >= 0.6 is 0 Å². The van der Waals surface area contributed by atoms with Crippen LogP contribution in [0.5, 0.6) is 0 Å². The fourth-order valence-corrected chi connectivity index (χ4v) is 3.42. The molecule has 0 bridgehead atoms. The second-order valence-electron chi connectivity index (χ2n) is 7.28. The first-order valence-electron chi connectivity index (χ1n) is 9.82. The maximum Gasteiger partial charge on any atom is 0.225 e. The van der Waals surface area contributed by atoms with Crippen LogP contribution in [-0.2, 0) is 34.0 Å². The minimum absolute atomic E-state index is 0.0393. The minimum atomic E-state index is -0.294. The largest absolute Gasteiger partial charge is 0.377 e. The molecule has 1 atom stereocenters. The van der Waals surface area contributed by atoms with Crippen molar-refractivity contribution in [3.63, 3.8) is 0 Å². The number of likely N-dealkylation sites (tertiary alicyclic amines) is 1. The summed E-state index contributed by atoms with van der Waals surface area (Å²) in [6.07, 6.45) is 0.276. The molecule has 5 nitrogen and oxygen atoms in total. The van der Waals surface area contributed by atoms with Gasteiger partial charge in [0.15, 0.2) is 0 Å². The highest BCUT2D eigenvalue weighted by molar-refractivity contribution is 5.89. The first kappa shape index (κ1) is 20.1. The highest BCUT2D eigenvalue weighted by Gasteiger charge is 2.34. The fourth-order valence-electron chi connectivity index (χ4n) is 3.42. The third-order valence-corrected chi connectivity index (χ3v) is 5.11. The Morgan fingerprint density at radius 3 is 2.57 bits per heavy atom. The van der Waals surface area contributed by atoms with Crippen LogP contribution in [0.2, 0.25) is 0 Å². The van der Waals surface area contributed by atoms with Gasteiger partial charge in [-0.3, -0.25) is 9.59 Å². The summed E-state index contributed by atoms with van der Waals surface area (Å²) in [6, 6.07) is 16.1. The highest BCUT2D eigenvalue weighted by atomic mass is 16.5. The summed E-state index contributed by atoms with van der Waals surface area (Å²) in [5.74, 6) is -0.319. The zero-order chi connectivity index (χ0) is 19.9. The topological polar surface area (TPSA) is 58.6 Å². The molecule has 1 saturated heterocycles. The van der Waals surface area contributed by atoms with E-state index in [0.29, 0.717) is 32.8 Å². The SMILES string of the molecule is CCOCc1ccccc1CNC(=O)C1CC(=O)N(Cc2ccc(C)cc2)C1. The number of nitrogens with one attached hydrogen (secondary N) is 1. The van der Waals surface area contributed by atoms with E-state index in [9.17, 15) is 9.59 Å². The van der Waals surface area contributed by atoms with E-state index in [4.69, 9.17) is 4.74 Å². The molecule has 1 aliphatic rings. The van der Waals surface area contributed by atoms with Crippen LogP contribution in [0.25, 0.3) is 0 Å². The van der Waals surface area contributed by atoms with Crippen molar-refractivity contribution in [2.45, 2.75) is 40.0 Å². The van der Waals surface area contributed by atoms with E-state index in [1.807, 2.05) is 62.4 Å². The Kier molecular flexibility index (Phi) is 6.82. The summed E-state index contributed by atoms with van der Waals surface area (Å²) in [5, 5.41) is 3.00. The van der Waals surface area contributed by atoms with Gasteiger partial charge in [0.25, 0.3) is 0 Å².